The van der Waals surface area contributed by atoms with Gasteiger partial charge in [0.25, 0.3) is 5.92 Å². The molecule has 1 heterocycles. The van der Waals surface area contributed by atoms with Gasteiger partial charge in [0.2, 0.25) is 0 Å². The fourth-order valence-corrected chi connectivity index (χ4v) is 2.45. The van der Waals surface area contributed by atoms with Crippen LogP contribution in [0.3, 0.4) is 0 Å². The molecule has 0 radical (unpaired) electrons. The van der Waals surface area contributed by atoms with E-state index in [1.54, 1.807) is 31.2 Å². The Balaban J connectivity index is 2.27. The Kier molecular flexibility index (Phi) is 1.93. The number of rotatable bonds is 2. The van der Waals surface area contributed by atoms with Crippen LogP contribution >= 0.6 is 0 Å². The standard InChI is InChI=1S/C13H10F2O3/c1-7-8-4-2-3-5-9(8)18-10(7)12(11(16)17)6-13(12,14)15/h2-5H,6H2,1H3,(H,16,17). The zero-order valence-corrected chi connectivity index (χ0v) is 9.54. The number of carboxylic acid groups (broad SMARTS) is 1. The first-order valence-corrected chi connectivity index (χ1v) is 5.50. The van der Waals surface area contributed by atoms with Crippen molar-refractivity contribution in [2.24, 2.45) is 0 Å². The second-order valence-electron chi connectivity index (χ2n) is 4.64. The molecule has 18 heavy (non-hydrogen) atoms. The van der Waals surface area contributed by atoms with Crippen molar-refractivity contribution in [1.82, 2.24) is 0 Å². The number of halogens is 2. The number of hydrogen-bond donors (Lipinski definition) is 1. The molecule has 1 aliphatic rings. The zero-order chi connectivity index (χ0) is 13.1. The first-order chi connectivity index (χ1) is 8.40. The lowest BCUT2D eigenvalue weighted by Gasteiger charge is -2.08. The van der Waals surface area contributed by atoms with E-state index < -0.39 is 23.7 Å². The highest BCUT2D eigenvalue weighted by Crippen LogP contribution is 2.63. The van der Waals surface area contributed by atoms with Gasteiger partial charge in [-0.25, -0.2) is 8.78 Å². The van der Waals surface area contributed by atoms with E-state index >= 15 is 0 Å². The highest BCUT2D eigenvalue weighted by molar-refractivity contribution is 5.91. The molecular weight excluding hydrogens is 242 g/mol. The molecule has 94 valence electrons. The SMILES string of the molecule is Cc1c(C2(C(=O)O)CC2(F)F)oc2ccccc12. The van der Waals surface area contributed by atoms with Crippen molar-refractivity contribution >= 4 is 16.9 Å². The molecule has 1 aromatic heterocycles. The van der Waals surface area contributed by atoms with Gasteiger partial charge in [-0.2, -0.15) is 0 Å². The predicted octanol–water partition coefficient (Wildman–Crippen LogP) is 3.10. The number of aryl methyl sites for hydroxylation is 1. The highest BCUT2D eigenvalue weighted by Gasteiger charge is 2.79. The van der Waals surface area contributed by atoms with Gasteiger partial charge < -0.3 is 9.52 Å². The van der Waals surface area contributed by atoms with Crippen LogP contribution in [0.25, 0.3) is 11.0 Å². The minimum absolute atomic E-state index is 0.124. The van der Waals surface area contributed by atoms with E-state index in [1.165, 1.54) is 0 Å². The first kappa shape index (κ1) is 11.2. The lowest BCUT2D eigenvalue weighted by Crippen LogP contribution is -2.27. The second kappa shape index (κ2) is 3.10. The van der Waals surface area contributed by atoms with Gasteiger partial charge in [-0.3, -0.25) is 4.79 Å². The Bertz CT molecular complexity index is 659. The molecule has 3 nitrogen and oxygen atoms in total. The molecule has 0 amide bonds. The van der Waals surface area contributed by atoms with Crippen LogP contribution in [0.1, 0.15) is 17.7 Å². The molecule has 0 aliphatic heterocycles. The quantitative estimate of drug-likeness (QED) is 0.893. The summed E-state index contributed by atoms with van der Waals surface area (Å²) in [7, 11) is 0. The molecular formula is C13H10F2O3. The van der Waals surface area contributed by atoms with Crippen LogP contribution in [0.15, 0.2) is 28.7 Å². The average Bonchev–Trinajstić information content (AvgIpc) is 2.74. The van der Waals surface area contributed by atoms with Crippen LogP contribution in [0, 0.1) is 6.92 Å². The summed E-state index contributed by atoms with van der Waals surface area (Å²) in [5.41, 5.74) is -1.27. The van der Waals surface area contributed by atoms with Crippen LogP contribution < -0.4 is 0 Å². The molecule has 1 aromatic carbocycles. The van der Waals surface area contributed by atoms with E-state index in [-0.39, 0.29) is 5.76 Å². The Morgan fingerprint density at radius 3 is 2.50 bits per heavy atom. The third-order valence-corrected chi connectivity index (χ3v) is 3.58. The summed E-state index contributed by atoms with van der Waals surface area (Å²) in [6, 6.07) is 6.84. The van der Waals surface area contributed by atoms with Crippen molar-refractivity contribution in [1.29, 1.82) is 0 Å². The zero-order valence-electron chi connectivity index (χ0n) is 9.54. The van der Waals surface area contributed by atoms with E-state index in [0.29, 0.717) is 16.5 Å². The summed E-state index contributed by atoms with van der Waals surface area (Å²) in [5.74, 6) is -4.90. The number of para-hydroxylation sites is 1. The third-order valence-electron chi connectivity index (χ3n) is 3.58. The van der Waals surface area contributed by atoms with Crippen LogP contribution in [0.5, 0.6) is 0 Å². The number of carbonyl (C=O) groups is 1. The average molecular weight is 252 g/mol. The Morgan fingerprint density at radius 2 is 2.00 bits per heavy atom. The van der Waals surface area contributed by atoms with Gasteiger partial charge in [-0.1, -0.05) is 18.2 Å². The maximum absolute atomic E-state index is 13.5. The van der Waals surface area contributed by atoms with Crippen molar-refractivity contribution in [2.75, 3.05) is 0 Å². The van der Waals surface area contributed by atoms with E-state index in [2.05, 4.69) is 0 Å². The summed E-state index contributed by atoms with van der Waals surface area (Å²) in [4.78, 5) is 11.2. The fourth-order valence-electron chi connectivity index (χ4n) is 2.45. The van der Waals surface area contributed by atoms with Crippen LogP contribution in [0.2, 0.25) is 0 Å². The van der Waals surface area contributed by atoms with Crippen molar-refractivity contribution in [3.63, 3.8) is 0 Å². The number of furan rings is 1. The summed E-state index contributed by atoms with van der Waals surface area (Å²) in [6.45, 7) is 1.61. The largest absolute Gasteiger partial charge is 0.480 e. The lowest BCUT2D eigenvalue weighted by molar-refractivity contribution is -0.143. The first-order valence-electron chi connectivity index (χ1n) is 5.50. The summed E-state index contributed by atoms with van der Waals surface area (Å²) < 4.78 is 32.3. The molecule has 1 unspecified atom stereocenters. The molecule has 1 atom stereocenters. The molecule has 5 heteroatoms. The van der Waals surface area contributed by atoms with Gasteiger partial charge in [-0.15, -0.1) is 0 Å². The Labute approximate surface area is 101 Å². The van der Waals surface area contributed by atoms with Gasteiger partial charge >= 0.3 is 5.97 Å². The number of aliphatic carboxylic acids is 1. The normalized spacial score (nSPS) is 25.3. The van der Waals surface area contributed by atoms with E-state index in [1.807, 2.05) is 0 Å². The lowest BCUT2D eigenvalue weighted by atomic mass is 9.98. The molecule has 0 spiro atoms. The van der Waals surface area contributed by atoms with E-state index in [4.69, 9.17) is 9.52 Å². The molecule has 1 aliphatic carbocycles. The molecule has 1 N–H and O–H groups in total. The maximum Gasteiger partial charge on any atom is 0.323 e. The molecule has 3 rings (SSSR count). The van der Waals surface area contributed by atoms with Gasteiger partial charge in [0.1, 0.15) is 11.3 Å². The minimum Gasteiger partial charge on any atom is -0.480 e. The maximum atomic E-state index is 13.5. The minimum atomic E-state index is -3.24. The Morgan fingerprint density at radius 1 is 1.39 bits per heavy atom. The second-order valence-corrected chi connectivity index (χ2v) is 4.64. The van der Waals surface area contributed by atoms with Gasteiger partial charge in [0.15, 0.2) is 5.41 Å². The van der Waals surface area contributed by atoms with E-state index in [9.17, 15) is 13.6 Å². The monoisotopic (exact) mass is 252 g/mol. The third kappa shape index (κ3) is 1.14. The van der Waals surface area contributed by atoms with Crippen molar-refractivity contribution in [2.45, 2.75) is 24.7 Å². The van der Waals surface area contributed by atoms with Crippen molar-refractivity contribution in [3.8, 4) is 0 Å². The van der Waals surface area contributed by atoms with Crippen LogP contribution in [0.4, 0.5) is 8.78 Å². The van der Waals surface area contributed by atoms with Crippen LogP contribution in [-0.2, 0) is 10.2 Å². The van der Waals surface area contributed by atoms with Gasteiger partial charge in [0, 0.05) is 11.8 Å². The number of carboxylic acids is 1. The summed E-state index contributed by atoms with van der Waals surface area (Å²) >= 11 is 0. The summed E-state index contributed by atoms with van der Waals surface area (Å²) in [6.07, 6.45) is -0.698. The number of fused-ring (bicyclic) bond motifs is 1. The fraction of sp³-hybridized carbons (Fsp3) is 0.308. The van der Waals surface area contributed by atoms with Crippen LogP contribution in [-0.4, -0.2) is 17.0 Å². The molecule has 0 bridgehead atoms. The molecule has 1 fully saturated rings. The van der Waals surface area contributed by atoms with Gasteiger partial charge in [0.05, 0.1) is 0 Å². The van der Waals surface area contributed by atoms with Gasteiger partial charge in [-0.05, 0) is 18.6 Å². The summed E-state index contributed by atoms with van der Waals surface area (Å²) in [5, 5.41) is 9.78. The Hall–Kier alpha value is -1.91. The number of hydrogen-bond acceptors (Lipinski definition) is 2. The number of alkyl halides is 2. The number of benzene rings is 1. The highest BCUT2D eigenvalue weighted by atomic mass is 19.3. The van der Waals surface area contributed by atoms with Crippen molar-refractivity contribution < 1.29 is 23.1 Å². The van der Waals surface area contributed by atoms with E-state index in [0.717, 1.165) is 0 Å². The smallest absolute Gasteiger partial charge is 0.323 e. The molecule has 1 saturated carbocycles. The topological polar surface area (TPSA) is 50.4 Å². The molecule has 2 aromatic rings. The van der Waals surface area contributed by atoms with Crippen molar-refractivity contribution in [3.05, 3.63) is 35.6 Å². The predicted molar refractivity (Wildman–Crippen MR) is 59.8 cm³/mol. The molecule has 0 saturated heterocycles.